The molecule has 29 heavy (non-hydrogen) atoms. The van der Waals surface area contributed by atoms with Gasteiger partial charge in [0.05, 0.1) is 0 Å². The van der Waals surface area contributed by atoms with E-state index in [0.717, 1.165) is 5.56 Å². The molecular formula is C23H35N3O3. The van der Waals surface area contributed by atoms with Crippen LogP contribution in [0.15, 0.2) is 24.3 Å². The van der Waals surface area contributed by atoms with Gasteiger partial charge in [0.25, 0.3) is 5.91 Å². The molecule has 0 aromatic heterocycles. The van der Waals surface area contributed by atoms with E-state index in [2.05, 4.69) is 5.32 Å². The predicted octanol–water partition coefficient (Wildman–Crippen LogP) is 2.86. The standard InChI is InChI=1S/C23H35N3O3/c1-6-25(7-2)23(29)20(24-21(27)19-10-8-17(5)9-11-19)18-12-14-26(15-13-18)22(28)16(3)4/h8-11,16,18,20H,6-7,12-15H2,1-5H3,(H,24,27)/t20-/m0/s1. The topological polar surface area (TPSA) is 69.7 Å². The molecule has 0 saturated carbocycles. The summed E-state index contributed by atoms with van der Waals surface area (Å²) in [4.78, 5) is 41.9. The highest BCUT2D eigenvalue weighted by atomic mass is 16.2. The zero-order chi connectivity index (χ0) is 21.6. The Bertz CT molecular complexity index is 703. The van der Waals surface area contributed by atoms with Gasteiger partial charge in [-0.25, -0.2) is 0 Å². The van der Waals surface area contributed by atoms with Gasteiger partial charge in [-0.15, -0.1) is 0 Å². The fraction of sp³-hybridized carbons (Fsp3) is 0.609. The normalized spacial score (nSPS) is 15.9. The Morgan fingerprint density at radius 3 is 2.10 bits per heavy atom. The van der Waals surface area contributed by atoms with Crippen molar-refractivity contribution in [3.8, 4) is 0 Å². The molecule has 1 fully saturated rings. The van der Waals surface area contributed by atoms with Gasteiger partial charge < -0.3 is 15.1 Å². The van der Waals surface area contributed by atoms with Crippen LogP contribution >= 0.6 is 0 Å². The van der Waals surface area contributed by atoms with Gasteiger partial charge in [-0.05, 0) is 51.7 Å². The Balaban J connectivity index is 2.15. The van der Waals surface area contributed by atoms with Crippen molar-refractivity contribution in [3.05, 3.63) is 35.4 Å². The maximum Gasteiger partial charge on any atom is 0.251 e. The van der Waals surface area contributed by atoms with Crippen molar-refractivity contribution in [1.29, 1.82) is 0 Å². The minimum absolute atomic E-state index is 0.0220. The molecule has 1 saturated heterocycles. The molecule has 1 aliphatic heterocycles. The summed E-state index contributed by atoms with van der Waals surface area (Å²) in [5, 5.41) is 3.00. The summed E-state index contributed by atoms with van der Waals surface area (Å²) in [6.07, 6.45) is 1.43. The summed E-state index contributed by atoms with van der Waals surface area (Å²) in [5.41, 5.74) is 1.64. The zero-order valence-electron chi connectivity index (χ0n) is 18.4. The summed E-state index contributed by atoms with van der Waals surface area (Å²) in [5.74, 6) is -0.117. The van der Waals surface area contributed by atoms with Crippen molar-refractivity contribution in [3.63, 3.8) is 0 Å². The summed E-state index contributed by atoms with van der Waals surface area (Å²) >= 11 is 0. The van der Waals surface area contributed by atoms with Gasteiger partial charge in [-0.1, -0.05) is 31.5 Å². The second-order valence-corrected chi connectivity index (χ2v) is 8.15. The highest BCUT2D eigenvalue weighted by Gasteiger charge is 2.35. The molecule has 0 unspecified atom stereocenters. The van der Waals surface area contributed by atoms with E-state index in [1.165, 1.54) is 0 Å². The molecule has 6 nitrogen and oxygen atoms in total. The number of nitrogens with one attached hydrogen (secondary N) is 1. The number of nitrogens with zero attached hydrogens (tertiary/aromatic N) is 2. The third-order valence-corrected chi connectivity index (χ3v) is 5.76. The van der Waals surface area contributed by atoms with Crippen molar-refractivity contribution in [2.45, 2.75) is 53.5 Å². The molecule has 2 rings (SSSR count). The molecule has 1 aromatic carbocycles. The Labute approximate surface area is 174 Å². The van der Waals surface area contributed by atoms with E-state index >= 15 is 0 Å². The van der Waals surface area contributed by atoms with Gasteiger partial charge in [-0.2, -0.15) is 0 Å². The smallest absolute Gasteiger partial charge is 0.251 e. The molecule has 1 heterocycles. The first kappa shape index (κ1) is 22.9. The lowest BCUT2D eigenvalue weighted by Gasteiger charge is -2.38. The van der Waals surface area contributed by atoms with Crippen LogP contribution in [0, 0.1) is 18.8 Å². The van der Waals surface area contributed by atoms with Gasteiger partial charge in [0.1, 0.15) is 6.04 Å². The average Bonchev–Trinajstić information content (AvgIpc) is 2.72. The molecule has 0 bridgehead atoms. The van der Waals surface area contributed by atoms with Crippen LogP contribution in [0.5, 0.6) is 0 Å². The number of rotatable bonds is 7. The molecule has 1 aromatic rings. The lowest BCUT2D eigenvalue weighted by Crippen LogP contribution is -2.55. The summed E-state index contributed by atoms with van der Waals surface area (Å²) in [6, 6.07) is 6.79. The minimum atomic E-state index is -0.569. The molecule has 0 aliphatic carbocycles. The highest BCUT2D eigenvalue weighted by molar-refractivity contribution is 5.97. The van der Waals surface area contributed by atoms with Gasteiger partial charge in [-0.3, -0.25) is 14.4 Å². The Morgan fingerprint density at radius 2 is 1.62 bits per heavy atom. The first-order valence-electron chi connectivity index (χ1n) is 10.7. The molecule has 3 amide bonds. The van der Waals surface area contributed by atoms with Crippen LogP contribution in [0.1, 0.15) is 56.5 Å². The lowest BCUT2D eigenvalue weighted by atomic mass is 9.87. The highest BCUT2D eigenvalue weighted by Crippen LogP contribution is 2.24. The summed E-state index contributed by atoms with van der Waals surface area (Å²) < 4.78 is 0. The van der Waals surface area contributed by atoms with Crippen LogP contribution in [0.4, 0.5) is 0 Å². The third-order valence-electron chi connectivity index (χ3n) is 5.76. The summed E-state index contributed by atoms with van der Waals surface area (Å²) in [6.45, 7) is 12.2. The second-order valence-electron chi connectivity index (χ2n) is 8.15. The van der Waals surface area contributed by atoms with E-state index in [4.69, 9.17) is 0 Å². The van der Waals surface area contributed by atoms with Gasteiger partial charge in [0.2, 0.25) is 11.8 Å². The van der Waals surface area contributed by atoms with Crippen LogP contribution in [0.3, 0.4) is 0 Å². The zero-order valence-corrected chi connectivity index (χ0v) is 18.4. The molecule has 1 aliphatic rings. The Morgan fingerprint density at radius 1 is 1.07 bits per heavy atom. The van der Waals surface area contributed by atoms with E-state index in [0.29, 0.717) is 44.6 Å². The Hall–Kier alpha value is -2.37. The number of aryl methyl sites for hydroxylation is 1. The average molecular weight is 402 g/mol. The van der Waals surface area contributed by atoms with Gasteiger partial charge in [0.15, 0.2) is 0 Å². The number of benzene rings is 1. The molecule has 160 valence electrons. The first-order chi connectivity index (χ1) is 13.8. The van der Waals surface area contributed by atoms with Crippen molar-refractivity contribution >= 4 is 17.7 Å². The van der Waals surface area contributed by atoms with Crippen molar-refractivity contribution in [1.82, 2.24) is 15.1 Å². The number of likely N-dealkylation sites (tertiary alicyclic amines) is 1. The first-order valence-corrected chi connectivity index (χ1v) is 10.7. The number of piperidine rings is 1. The molecule has 0 spiro atoms. The Kier molecular flexibility index (Phi) is 8.23. The number of amides is 3. The fourth-order valence-corrected chi connectivity index (χ4v) is 3.86. The molecule has 1 N–H and O–H groups in total. The van der Waals surface area contributed by atoms with Gasteiger partial charge >= 0.3 is 0 Å². The number of hydrogen-bond acceptors (Lipinski definition) is 3. The molecule has 6 heteroatoms. The van der Waals surface area contributed by atoms with Crippen molar-refractivity contribution < 1.29 is 14.4 Å². The number of likely N-dealkylation sites (N-methyl/N-ethyl adjacent to an activating group) is 1. The maximum absolute atomic E-state index is 13.2. The predicted molar refractivity (Wildman–Crippen MR) is 115 cm³/mol. The van der Waals surface area contributed by atoms with Crippen molar-refractivity contribution in [2.24, 2.45) is 11.8 Å². The molecular weight excluding hydrogens is 366 g/mol. The number of carbonyl (C=O) groups is 3. The van der Waals surface area contributed by atoms with Crippen molar-refractivity contribution in [2.75, 3.05) is 26.2 Å². The van der Waals surface area contributed by atoms with E-state index < -0.39 is 6.04 Å². The van der Waals surface area contributed by atoms with E-state index in [1.807, 2.05) is 51.7 Å². The minimum Gasteiger partial charge on any atom is -0.342 e. The fourth-order valence-electron chi connectivity index (χ4n) is 3.86. The number of carbonyl (C=O) groups excluding carboxylic acids is 3. The van der Waals surface area contributed by atoms with E-state index in [9.17, 15) is 14.4 Å². The van der Waals surface area contributed by atoms with Crippen LogP contribution in [0.25, 0.3) is 0 Å². The third kappa shape index (κ3) is 5.81. The lowest BCUT2D eigenvalue weighted by molar-refractivity contribution is -0.137. The number of hydrogen-bond donors (Lipinski definition) is 1. The van der Waals surface area contributed by atoms with Crippen LogP contribution < -0.4 is 5.32 Å². The van der Waals surface area contributed by atoms with Crippen LogP contribution in [0.2, 0.25) is 0 Å². The van der Waals surface area contributed by atoms with E-state index in [1.54, 1.807) is 17.0 Å². The second kappa shape index (κ2) is 10.4. The maximum atomic E-state index is 13.2. The van der Waals surface area contributed by atoms with Crippen LogP contribution in [-0.4, -0.2) is 59.7 Å². The SMILES string of the molecule is CCN(CC)C(=O)[C@@H](NC(=O)c1ccc(C)cc1)C1CCN(C(=O)C(C)C)CC1. The largest absolute Gasteiger partial charge is 0.342 e. The van der Waals surface area contributed by atoms with Gasteiger partial charge in [0, 0.05) is 37.7 Å². The quantitative estimate of drug-likeness (QED) is 0.764. The van der Waals surface area contributed by atoms with Crippen LogP contribution in [-0.2, 0) is 9.59 Å². The molecule has 1 atom stereocenters. The summed E-state index contributed by atoms with van der Waals surface area (Å²) in [7, 11) is 0. The monoisotopic (exact) mass is 401 g/mol. The van der Waals surface area contributed by atoms with E-state index in [-0.39, 0.29) is 29.6 Å². The molecule has 0 radical (unpaired) electrons.